The summed E-state index contributed by atoms with van der Waals surface area (Å²) in [5.74, 6) is -0.225. The number of hydrogen-bond donors (Lipinski definition) is 0. The van der Waals surface area contributed by atoms with Crippen molar-refractivity contribution >= 4 is 45.1 Å². The van der Waals surface area contributed by atoms with E-state index in [0.717, 1.165) is 12.8 Å². The molecular weight excluding hydrogens is 393 g/mol. The van der Waals surface area contributed by atoms with Gasteiger partial charge in [0.05, 0.1) is 5.02 Å². The Morgan fingerprint density at radius 3 is 3.00 bits per heavy atom. The van der Waals surface area contributed by atoms with Gasteiger partial charge in [-0.2, -0.15) is 5.10 Å². The number of pyridine rings is 1. The molecule has 0 aliphatic carbocycles. The van der Waals surface area contributed by atoms with Crippen molar-refractivity contribution in [2.75, 3.05) is 0 Å². The summed E-state index contributed by atoms with van der Waals surface area (Å²) < 4.78 is 7.03. The summed E-state index contributed by atoms with van der Waals surface area (Å²) in [7, 11) is 0. The largest absolute Gasteiger partial charge is 0.441 e. The van der Waals surface area contributed by atoms with Gasteiger partial charge in [-0.05, 0) is 40.9 Å². The molecule has 118 valence electrons. The van der Waals surface area contributed by atoms with E-state index in [1.165, 1.54) is 10.7 Å². The van der Waals surface area contributed by atoms with Crippen LogP contribution in [0.25, 0.3) is 5.82 Å². The van der Waals surface area contributed by atoms with Crippen molar-refractivity contribution in [1.82, 2.24) is 14.8 Å². The summed E-state index contributed by atoms with van der Waals surface area (Å²) in [6, 6.07) is 4.90. The van der Waals surface area contributed by atoms with Gasteiger partial charge in [0.15, 0.2) is 17.1 Å². The van der Waals surface area contributed by atoms with E-state index in [1.54, 1.807) is 18.3 Å². The zero-order valence-corrected chi connectivity index (χ0v) is 14.9. The van der Waals surface area contributed by atoms with E-state index < -0.39 is 11.5 Å². The van der Waals surface area contributed by atoms with E-state index >= 15 is 0 Å². The second-order valence-electron chi connectivity index (χ2n) is 4.53. The second-order valence-corrected chi connectivity index (χ2v) is 6.24. The number of aromatic nitrogens is 3. The monoisotopic (exact) mass is 405 g/mol. The van der Waals surface area contributed by atoms with Crippen LogP contribution in [0, 0.1) is 0 Å². The molecule has 2 rings (SSSR count). The van der Waals surface area contributed by atoms with Gasteiger partial charge in [-0.25, -0.2) is 14.5 Å². The van der Waals surface area contributed by atoms with E-state index in [4.69, 9.17) is 27.9 Å². The summed E-state index contributed by atoms with van der Waals surface area (Å²) in [4.78, 5) is 16.4. The summed E-state index contributed by atoms with van der Waals surface area (Å²) >= 11 is 15.4. The quantitative estimate of drug-likeness (QED) is 0.519. The molecule has 0 amide bonds. The highest BCUT2D eigenvalue weighted by Crippen LogP contribution is 2.22. The molecule has 0 N–H and O–H groups in total. The van der Waals surface area contributed by atoms with Crippen molar-refractivity contribution in [2.24, 2.45) is 0 Å². The minimum absolute atomic E-state index is 0.203. The van der Waals surface area contributed by atoms with Crippen molar-refractivity contribution < 1.29 is 9.53 Å². The smallest absolute Gasteiger partial charge is 0.358 e. The molecule has 1 atom stereocenters. The Bertz CT molecular complexity index is 663. The van der Waals surface area contributed by atoms with Gasteiger partial charge >= 0.3 is 5.97 Å². The number of esters is 1. The molecule has 1 unspecified atom stereocenters. The number of hydrogen-bond acceptors (Lipinski definition) is 4. The lowest BCUT2D eigenvalue weighted by Crippen LogP contribution is -2.17. The van der Waals surface area contributed by atoms with Crippen LogP contribution in [-0.2, 0) is 4.74 Å². The minimum atomic E-state index is -0.672. The molecule has 0 fully saturated rings. The number of alkyl halides is 1. The number of rotatable bonds is 6. The van der Waals surface area contributed by atoms with Crippen LogP contribution in [0.2, 0.25) is 5.02 Å². The first kappa shape index (κ1) is 17.2. The predicted molar refractivity (Wildman–Crippen MR) is 88.7 cm³/mol. The van der Waals surface area contributed by atoms with Crippen LogP contribution in [0.5, 0.6) is 0 Å². The van der Waals surface area contributed by atoms with Gasteiger partial charge in [-0.3, -0.25) is 0 Å². The Hall–Kier alpha value is -1.11. The molecular formula is C14H14BrCl2N3O2. The Kier molecular flexibility index (Phi) is 6.23. The average molecular weight is 407 g/mol. The summed E-state index contributed by atoms with van der Waals surface area (Å²) in [6.07, 6.45) is 4.03. The first-order valence-electron chi connectivity index (χ1n) is 6.74. The minimum Gasteiger partial charge on any atom is -0.441 e. The molecule has 22 heavy (non-hydrogen) atoms. The SMILES string of the molecule is CCCCC(Cl)OC(=O)c1cc(Br)nn1-c1ncccc1Cl. The molecule has 2 aromatic rings. The molecule has 2 aromatic heterocycles. The highest BCUT2D eigenvalue weighted by molar-refractivity contribution is 9.10. The topological polar surface area (TPSA) is 57.0 Å². The van der Waals surface area contributed by atoms with Gasteiger partial charge in [-0.1, -0.05) is 36.5 Å². The van der Waals surface area contributed by atoms with E-state index in [9.17, 15) is 4.79 Å². The fraction of sp³-hybridized carbons (Fsp3) is 0.357. The van der Waals surface area contributed by atoms with Crippen LogP contribution >= 0.6 is 39.1 Å². The van der Waals surface area contributed by atoms with Gasteiger partial charge in [0.2, 0.25) is 0 Å². The lowest BCUT2D eigenvalue weighted by molar-refractivity contribution is 0.0423. The van der Waals surface area contributed by atoms with E-state index in [2.05, 4.69) is 26.0 Å². The molecule has 0 saturated heterocycles. The Balaban J connectivity index is 2.25. The van der Waals surface area contributed by atoms with Gasteiger partial charge < -0.3 is 4.74 Å². The van der Waals surface area contributed by atoms with Crippen LogP contribution in [0.4, 0.5) is 0 Å². The molecule has 0 spiro atoms. The Morgan fingerprint density at radius 1 is 1.55 bits per heavy atom. The normalized spacial score (nSPS) is 12.2. The number of nitrogens with zero attached hydrogens (tertiary/aromatic N) is 3. The highest BCUT2D eigenvalue weighted by Gasteiger charge is 2.21. The maximum absolute atomic E-state index is 12.3. The van der Waals surface area contributed by atoms with Gasteiger partial charge in [0.1, 0.15) is 4.60 Å². The molecule has 0 aliphatic rings. The fourth-order valence-corrected chi connectivity index (χ4v) is 2.60. The lowest BCUT2D eigenvalue weighted by atomic mass is 10.3. The first-order valence-corrected chi connectivity index (χ1v) is 8.35. The van der Waals surface area contributed by atoms with Crippen LogP contribution in [0.1, 0.15) is 36.7 Å². The average Bonchev–Trinajstić information content (AvgIpc) is 2.87. The zero-order chi connectivity index (χ0) is 16.1. The van der Waals surface area contributed by atoms with Gasteiger partial charge in [-0.15, -0.1) is 0 Å². The molecule has 0 radical (unpaired) electrons. The number of carbonyl (C=O) groups excluding carboxylic acids is 1. The molecule has 8 heteroatoms. The van der Waals surface area contributed by atoms with Crippen molar-refractivity contribution in [3.8, 4) is 5.82 Å². The Morgan fingerprint density at radius 2 is 2.32 bits per heavy atom. The van der Waals surface area contributed by atoms with Crippen molar-refractivity contribution in [2.45, 2.75) is 31.7 Å². The third kappa shape index (κ3) is 4.21. The molecule has 2 heterocycles. The lowest BCUT2D eigenvalue weighted by Gasteiger charge is -2.11. The maximum atomic E-state index is 12.3. The first-order chi connectivity index (χ1) is 10.5. The van der Waals surface area contributed by atoms with Gasteiger partial charge in [0, 0.05) is 12.3 Å². The van der Waals surface area contributed by atoms with Crippen molar-refractivity contribution in [3.05, 3.63) is 39.7 Å². The number of carbonyl (C=O) groups is 1. The molecule has 0 saturated carbocycles. The summed E-state index contributed by atoms with van der Waals surface area (Å²) in [5, 5.41) is 4.55. The number of halogens is 3. The summed E-state index contributed by atoms with van der Waals surface area (Å²) in [5.41, 5.74) is -0.469. The standard InChI is InChI=1S/C14H14BrCl2N3O2/c1-2-3-6-12(17)22-14(21)10-8-11(15)19-20(10)13-9(16)5-4-7-18-13/h4-5,7-8,12H,2-3,6H2,1H3. The van der Waals surface area contributed by atoms with E-state index in [1.807, 2.05) is 6.92 Å². The zero-order valence-electron chi connectivity index (χ0n) is 11.8. The number of ether oxygens (including phenoxy) is 1. The third-order valence-corrected chi connectivity index (χ3v) is 3.84. The fourth-order valence-electron chi connectivity index (χ4n) is 1.79. The number of unbranched alkanes of at least 4 members (excludes halogenated alkanes) is 1. The second kappa shape index (κ2) is 7.94. The van der Waals surface area contributed by atoms with Crippen LogP contribution < -0.4 is 0 Å². The van der Waals surface area contributed by atoms with Gasteiger partial charge in [0.25, 0.3) is 0 Å². The third-order valence-electron chi connectivity index (χ3n) is 2.85. The Labute approximate surface area is 146 Å². The van der Waals surface area contributed by atoms with Crippen molar-refractivity contribution in [1.29, 1.82) is 0 Å². The van der Waals surface area contributed by atoms with Crippen molar-refractivity contribution in [3.63, 3.8) is 0 Å². The van der Waals surface area contributed by atoms with Crippen LogP contribution in [0.15, 0.2) is 29.0 Å². The van der Waals surface area contributed by atoms with E-state index in [0.29, 0.717) is 21.9 Å². The van der Waals surface area contributed by atoms with Crippen LogP contribution in [0.3, 0.4) is 0 Å². The molecule has 0 bridgehead atoms. The summed E-state index contributed by atoms with van der Waals surface area (Å²) in [6.45, 7) is 2.04. The maximum Gasteiger partial charge on any atom is 0.358 e. The highest BCUT2D eigenvalue weighted by atomic mass is 79.9. The molecule has 5 nitrogen and oxygen atoms in total. The molecule has 0 aliphatic heterocycles. The van der Waals surface area contributed by atoms with Crippen LogP contribution in [-0.4, -0.2) is 26.3 Å². The van der Waals surface area contributed by atoms with E-state index in [-0.39, 0.29) is 5.69 Å². The molecule has 0 aromatic carbocycles. The predicted octanol–water partition coefficient (Wildman–Crippen LogP) is 4.60.